The van der Waals surface area contributed by atoms with Crippen LogP contribution in [-0.2, 0) is 11.2 Å². The van der Waals surface area contributed by atoms with Crippen LogP contribution in [0.5, 0.6) is 0 Å². The number of amides is 3. The maximum atomic E-state index is 12.0. The molecule has 0 aliphatic carbocycles. The molecule has 7 heteroatoms. The van der Waals surface area contributed by atoms with Crippen LogP contribution in [0.4, 0.5) is 10.5 Å². The first-order valence-corrected chi connectivity index (χ1v) is 7.44. The molecule has 0 bridgehead atoms. The number of hydrogen-bond acceptors (Lipinski definition) is 3. The van der Waals surface area contributed by atoms with Crippen molar-refractivity contribution in [2.75, 3.05) is 4.31 Å². The first-order chi connectivity index (χ1) is 10.5. The van der Waals surface area contributed by atoms with Crippen molar-refractivity contribution in [1.82, 2.24) is 5.32 Å². The minimum absolute atomic E-state index is 0.102. The zero-order valence-electron chi connectivity index (χ0n) is 11.3. The highest BCUT2D eigenvalue weighted by Crippen LogP contribution is 2.26. The Bertz CT molecular complexity index is 675. The zero-order chi connectivity index (χ0) is 16.1. The van der Waals surface area contributed by atoms with E-state index in [1.54, 1.807) is 12.1 Å². The van der Waals surface area contributed by atoms with Gasteiger partial charge in [0.05, 0.1) is 12.1 Å². The molecular weight excluding hydrogens is 343 g/mol. The van der Waals surface area contributed by atoms with Gasteiger partial charge in [0, 0.05) is 10.0 Å². The van der Waals surface area contributed by atoms with Gasteiger partial charge in [-0.15, -0.1) is 0 Å². The Labute approximate surface area is 143 Å². The summed E-state index contributed by atoms with van der Waals surface area (Å²) in [6, 6.07) is 13.0. The molecule has 0 unspecified atom stereocenters. The number of nitrogens with one attached hydrogen (secondary N) is 1. The van der Waals surface area contributed by atoms with Gasteiger partial charge in [-0.1, -0.05) is 66.3 Å². The highest BCUT2D eigenvalue weighted by atomic mass is 35.5. The summed E-state index contributed by atoms with van der Waals surface area (Å²) in [7, 11) is 0. The molecule has 0 fully saturated rings. The summed E-state index contributed by atoms with van der Waals surface area (Å²) >= 11 is 15.8. The largest absolute Gasteiger partial charge is 0.338 e. The van der Waals surface area contributed by atoms with E-state index in [1.165, 1.54) is 18.2 Å². The molecule has 0 aliphatic rings. The summed E-state index contributed by atoms with van der Waals surface area (Å²) in [5.41, 5.74) is 1.18. The van der Waals surface area contributed by atoms with Gasteiger partial charge < -0.3 is 0 Å². The Hall–Kier alpha value is -1.69. The lowest BCUT2D eigenvalue weighted by atomic mass is 10.1. The minimum atomic E-state index is -0.678. The Morgan fingerprint density at radius 2 is 1.64 bits per heavy atom. The fraction of sp³-hybridized carbons (Fsp3) is 0.0667. The molecule has 3 amide bonds. The number of nitrogens with zero attached hydrogens (tertiary/aromatic N) is 1. The molecule has 2 aromatic carbocycles. The molecule has 1 N–H and O–H groups in total. The average Bonchev–Trinajstić information content (AvgIpc) is 2.46. The van der Waals surface area contributed by atoms with E-state index in [-0.39, 0.29) is 6.42 Å². The van der Waals surface area contributed by atoms with Gasteiger partial charge in [-0.05, 0) is 23.8 Å². The number of rotatable bonds is 3. The molecule has 0 radical (unpaired) electrons. The topological polar surface area (TPSA) is 49.4 Å². The molecular formula is C15H12Cl2N2O2S. The first-order valence-electron chi connectivity index (χ1n) is 6.28. The van der Waals surface area contributed by atoms with E-state index in [4.69, 9.17) is 23.2 Å². The third-order valence-electron chi connectivity index (χ3n) is 2.74. The predicted octanol–water partition coefficient (Wildman–Crippen LogP) is 4.12. The van der Waals surface area contributed by atoms with Crippen LogP contribution >= 0.6 is 36.0 Å². The number of halogens is 2. The van der Waals surface area contributed by atoms with Crippen molar-refractivity contribution in [2.24, 2.45) is 0 Å². The molecule has 0 heterocycles. The smallest absolute Gasteiger partial charge is 0.277 e. The van der Waals surface area contributed by atoms with Gasteiger partial charge in [0.15, 0.2) is 0 Å². The standard InChI is InChI=1S/C15H12Cl2N2O2S/c16-11-7-12(17)9-13(8-11)19(22)15(21)18-14(20)6-10-4-2-1-3-5-10/h1-5,7-9,22H,6H2,(H,18,20,21). The molecule has 0 saturated heterocycles. The zero-order valence-corrected chi connectivity index (χ0v) is 13.7. The highest BCUT2D eigenvalue weighted by Gasteiger charge is 2.16. The van der Waals surface area contributed by atoms with E-state index in [1.807, 2.05) is 18.2 Å². The maximum absolute atomic E-state index is 12.0. The minimum Gasteiger partial charge on any atom is -0.277 e. The van der Waals surface area contributed by atoms with Gasteiger partial charge in [0.25, 0.3) is 0 Å². The first kappa shape index (κ1) is 16.7. The van der Waals surface area contributed by atoms with Crippen LogP contribution in [0.3, 0.4) is 0 Å². The SMILES string of the molecule is O=C(Cc1ccccc1)NC(=O)N(S)c1cc(Cl)cc(Cl)c1. The van der Waals surface area contributed by atoms with Crippen molar-refractivity contribution in [3.05, 3.63) is 64.1 Å². The summed E-state index contributed by atoms with van der Waals surface area (Å²) in [5, 5.41) is 2.98. The molecule has 0 aromatic heterocycles. The third kappa shape index (κ3) is 4.66. The lowest BCUT2D eigenvalue weighted by molar-refractivity contribution is -0.119. The summed E-state index contributed by atoms with van der Waals surface area (Å²) in [6.07, 6.45) is 0.102. The fourth-order valence-corrected chi connectivity index (χ4v) is 2.46. The van der Waals surface area contributed by atoms with Gasteiger partial charge in [-0.2, -0.15) is 0 Å². The lowest BCUT2D eigenvalue weighted by Gasteiger charge is -2.16. The maximum Gasteiger partial charge on any atom is 0.338 e. The number of carbonyl (C=O) groups is 2. The van der Waals surface area contributed by atoms with Crippen molar-refractivity contribution >= 4 is 53.6 Å². The molecule has 0 atom stereocenters. The van der Waals surface area contributed by atoms with Crippen molar-refractivity contribution in [3.63, 3.8) is 0 Å². The van der Waals surface area contributed by atoms with E-state index >= 15 is 0 Å². The van der Waals surface area contributed by atoms with Crippen LogP contribution < -0.4 is 9.62 Å². The molecule has 0 aliphatic heterocycles. The predicted molar refractivity (Wildman–Crippen MR) is 91.6 cm³/mol. The van der Waals surface area contributed by atoms with Crippen molar-refractivity contribution < 1.29 is 9.59 Å². The van der Waals surface area contributed by atoms with Gasteiger partial charge in [0.2, 0.25) is 5.91 Å². The van der Waals surface area contributed by atoms with Crippen molar-refractivity contribution in [1.29, 1.82) is 0 Å². The Kier molecular flexibility index (Phi) is 5.71. The monoisotopic (exact) mass is 354 g/mol. The quantitative estimate of drug-likeness (QED) is 0.814. The van der Waals surface area contributed by atoms with Gasteiger partial charge in [0.1, 0.15) is 0 Å². The number of imide groups is 1. The average molecular weight is 355 g/mol. The number of carbonyl (C=O) groups excluding carboxylic acids is 2. The number of benzene rings is 2. The molecule has 2 aromatic rings. The second-order valence-corrected chi connectivity index (χ2v) is 5.73. The second kappa shape index (κ2) is 7.54. The number of anilines is 1. The van der Waals surface area contributed by atoms with Crippen molar-refractivity contribution in [3.8, 4) is 0 Å². The van der Waals surface area contributed by atoms with Gasteiger partial charge in [-0.25, -0.2) is 9.10 Å². The molecule has 114 valence electrons. The highest BCUT2D eigenvalue weighted by molar-refractivity contribution is 7.82. The molecule has 2 rings (SSSR count). The fourth-order valence-electron chi connectivity index (χ4n) is 1.78. The summed E-state index contributed by atoms with van der Waals surface area (Å²) in [5.74, 6) is -0.427. The van der Waals surface area contributed by atoms with Crippen LogP contribution in [0.15, 0.2) is 48.5 Å². The van der Waals surface area contributed by atoms with Gasteiger partial charge in [-0.3, -0.25) is 10.1 Å². The van der Waals surface area contributed by atoms with E-state index in [2.05, 4.69) is 18.1 Å². The summed E-state index contributed by atoms with van der Waals surface area (Å²) in [6.45, 7) is 0. The second-order valence-electron chi connectivity index (χ2n) is 4.46. The molecule has 4 nitrogen and oxygen atoms in total. The Balaban J connectivity index is 2.00. The van der Waals surface area contributed by atoms with E-state index in [0.717, 1.165) is 9.87 Å². The number of thiol groups is 1. The Morgan fingerprint density at radius 1 is 1.05 bits per heavy atom. The van der Waals surface area contributed by atoms with E-state index in [9.17, 15) is 9.59 Å². The van der Waals surface area contributed by atoms with Crippen LogP contribution in [0.25, 0.3) is 0 Å². The van der Waals surface area contributed by atoms with Crippen LogP contribution in [0, 0.1) is 0 Å². The molecule has 22 heavy (non-hydrogen) atoms. The normalized spacial score (nSPS) is 10.1. The molecule has 0 saturated carbocycles. The van der Waals surface area contributed by atoms with E-state index < -0.39 is 11.9 Å². The molecule has 0 spiro atoms. The van der Waals surface area contributed by atoms with Crippen LogP contribution in [0.1, 0.15) is 5.56 Å². The van der Waals surface area contributed by atoms with Crippen molar-refractivity contribution in [2.45, 2.75) is 6.42 Å². The lowest BCUT2D eigenvalue weighted by Crippen LogP contribution is -2.39. The summed E-state index contributed by atoms with van der Waals surface area (Å²) < 4.78 is 0.973. The summed E-state index contributed by atoms with van der Waals surface area (Å²) in [4.78, 5) is 23.8. The van der Waals surface area contributed by atoms with E-state index in [0.29, 0.717) is 15.7 Å². The van der Waals surface area contributed by atoms with Crippen LogP contribution in [-0.4, -0.2) is 11.9 Å². The third-order valence-corrected chi connectivity index (χ3v) is 3.59. The van der Waals surface area contributed by atoms with Crippen LogP contribution in [0.2, 0.25) is 10.0 Å². The number of hydrogen-bond donors (Lipinski definition) is 2. The Morgan fingerprint density at radius 3 is 2.23 bits per heavy atom. The van der Waals surface area contributed by atoms with Gasteiger partial charge >= 0.3 is 6.03 Å². The number of urea groups is 1.